The zero-order chi connectivity index (χ0) is 36.5. The van der Waals surface area contributed by atoms with Crippen molar-refractivity contribution in [2.24, 2.45) is 23.7 Å². The number of hydrogen-bond acceptors (Lipinski definition) is 7. The van der Waals surface area contributed by atoms with Crippen LogP contribution in [-0.4, -0.2) is 45.9 Å². The van der Waals surface area contributed by atoms with E-state index in [9.17, 15) is 29.5 Å². The molecule has 3 fully saturated rings. The van der Waals surface area contributed by atoms with Crippen LogP contribution in [0.3, 0.4) is 0 Å². The molecule has 2 heterocycles. The van der Waals surface area contributed by atoms with Gasteiger partial charge in [-0.3, -0.25) is 24.1 Å². The fraction of sp³-hybridized carbons (Fsp3) is 0.220. The molecule has 0 aromatic heterocycles. The lowest BCUT2D eigenvalue weighted by Crippen LogP contribution is -2.53. The van der Waals surface area contributed by atoms with Crippen molar-refractivity contribution in [2.45, 2.75) is 30.6 Å². The molecule has 4 amide bonds. The molecule has 2 aliphatic heterocycles. The summed E-state index contributed by atoms with van der Waals surface area (Å²) in [5, 5.41) is 32.0. The molecule has 0 radical (unpaired) electrons. The smallest absolute Gasteiger partial charge is 0.488 e. The number of benzene rings is 4. The van der Waals surface area contributed by atoms with Crippen LogP contribution in [0.2, 0.25) is 5.02 Å². The number of aromatic hydroxyl groups is 1. The molecule has 11 heteroatoms. The monoisotopic (exact) mass is 712 g/mol. The maximum absolute atomic E-state index is 15.4. The van der Waals surface area contributed by atoms with Gasteiger partial charge >= 0.3 is 7.12 Å². The van der Waals surface area contributed by atoms with Crippen molar-refractivity contribution >= 4 is 59.2 Å². The number of halogens is 1. The minimum Gasteiger partial charge on any atom is -0.507 e. The van der Waals surface area contributed by atoms with Crippen LogP contribution >= 0.6 is 11.6 Å². The largest absolute Gasteiger partial charge is 0.507 e. The van der Waals surface area contributed by atoms with E-state index in [2.05, 4.69) is 6.58 Å². The first kappa shape index (κ1) is 33.8. The van der Waals surface area contributed by atoms with Crippen molar-refractivity contribution in [1.82, 2.24) is 0 Å². The van der Waals surface area contributed by atoms with E-state index in [1.54, 1.807) is 54.6 Å². The third-order valence-electron chi connectivity index (χ3n) is 11.4. The highest BCUT2D eigenvalue weighted by atomic mass is 35.5. The van der Waals surface area contributed by atoms with E-state index in [0.29, 0.717) is 39.4 Å². The quantitative estimate of drug-likeness (QED) is 0.142. The molecule has 260 valence electrons. The Hall–Kier alpha value is -5.29. The van der Waals surface area contributed by atoms with Gasteiger partial charge in [-0.15, -0.1) is 6.58 Å². The molecule has 0 spiro atoms. The molecule has 0 unspecified atom stereocenters. The topological polar surface area (TPSA) is 135 Å². The highest BCUT2D eigenvalue weighted by Crippen LogP contribution is 2.65. The first-order valence-electron chi connectivity index (χ1n) is 17.2. The second-order valence-electron chi connectivity index (χ2n) is 13.9. The molecule has 52 heavy (non-hydrogen) atoms. The number of phenols is 1. The van der Waals surface area contributed by atoms with Crippen molar-refractivity contribution < 1.29 is 34.3 Å². The first-order valence-corrected chi connectivity index (χ1v) is 17.6. The molecule has 1 saturated carbocycles. The molecule has 3 N–H and O–H groups in total. The second-order valence-corrected chi connectivity index (χ2v) is 14.4. The highest BCUT2D eigenvalue weighted by molar-refractivity contribution is 6.58. The molecule has 4 aliphatic rings. The van der Waals surface area contributed by atoms with Gasteiger partial charge in [-0.2, -0.15) is 0 Å². The van der Waals surface area contributed by atoms with Crippen molar-refractivity contribution in [3.8, 4) is 5.75 Å². The lowest BCUT2D eigenvalue weighted by Gasteiger charge is -2.50. The molecule has 9 nitrogen and oxygen atoms in total. The second kappa shape index (κ2) is 12.7. The van der Waals surface area contributed by atoms with Gasteiger partial charge in [0.25, 0.3) is 0 Å². The summed E-state index contributed by atoms with van der Waals surface area (Å²) in [5.41, 5.74) is 1.47. The number of hydrogen-bond donors (Lipinski definition) is 3. The number of amides is 4. The molecular weight excluding hydrogens is 679 g/mol. The maximum atomic E-state index is 15.4. The van der Waals surface area contributed by atoms with Crippen LogP contribution in [0.25, 0.3) is 0 Å². The van der Waals surface area contributed by atoms with Gasteiger partial charge in [0, 0.05) is 16.5 Å². The number of allylic oxidation sites excluding steroid dienone is 3. The number of rotatable bonds is 7. The maximum Gasteiger partial charge on any atom is 0.488 e. The van der Waals surface area contributed by atoms with E-state index in [1.165, 1.54) is 17.0 Å². The fourth-order valence-electron chi connectivity index (χ4n) is 9.33. The minimum absolute atomic E-state index is 0.0265. The summed E-state index contributed by atoms with van der Waals surface area (Å²) in [6, 6.07) is 27.1. The van der Waals surface area contributed by atoms with Crippen LogP contribution in [0.1, 0.15) is 35.4 Å². The minimum atomic E-state index is -1.80. The van der Waals surface area contributed by atoms with Gasteiger partial charge in [-0.1, -0.05) is 96.1 Å². The molecule has 4 aromatic rings. The summed E-state index contributed by atoms with van der Waals surface area (Å²) in [6.07, 6.45) is 4.25. The highest BCUT2D eigenvalue weighted by Gasteiger charge is 2.70. The van der Waals surface area contributed by atoms with Crippen LogP contribution in [0.15, 0.2) is 121 Å². The molecule has 2 aliphatic carbocycles. The summed E-state index contributed by atoms with van der Waals surface area (Å²) >= 11 is 6.40. The van der Waals surface area contributed by atoms with Crippen LogP contribution in [0, 0.1) is 23.7 Å². The number of fused-ring (bicyclic) bond motifs is 4. The Morgan fingerprint density at radius 3 is 2.25 bits per heavy atom. The average Bonchev–Trinajstić information content (AvgIpc) is 3.53. The summed E-state index contributed by atoms with van der Waals surface area (Å²) in [5.74, 6) is -5.97. The third-order valence-corrected chi connectivity index (χ3v) is 11.7. The average molecular weight is 713 g/mol. The fourth-order valence-corrected chi connectivity index (χ4v) is 9.52. The normalized spacial score (nSPS) is 26.5. The summed E-state index contributed by atoms with van der Waals surface area (Å²) in [6.45, 7) is 3.85. The SMILES string of the molecule is C=CCc1cccc([C@H]2C3=CC[C@@H]4C(=O)N(c5cccc(B(O)O)c5)C(=O)[C@@H]4[C@@H]3C[C@H]3C(=O)N(c4cccc(Cl)c4)C(=O)[C@@]23c2ccccc2)c1O. The van der Waals surface area contributed by atoms with Gasteiger partial charge in [0.2, 0.25) is 23.6 Å². The van der Waals surface area contributed by atoms with Crippen molar-refractivity contribution in [1.29, 1.82) is 0 Å². The van der Waals surface area contributed by atoms with Gasteiger partial charge in [0.15, 0.2) is 0 Å². The number of phenolic OH excluding ortho intramolecular Hbond substituents is 1. The lowest BCUT2D eigenvalue weighted by molar-refractivity contribution is -0.127. The van der Waals surface area contributed by atoms with E-state index < -0.39 is 65.8 Å². The number of nitrogens with zero attached hydrogens (tertiary/aromatic N) is 2. The van der Waals surface area contributed by atoms with Gasteiger partial charge < -0.3 is 15.2 Å². The number of carbonyl (C=O) groups is 4. The zero-order valence-electron chi connectivity index (χ0n) is 27.9. The molecule has 0 bridgehead atoms. The number of para-hydroxylation sites is 1. The Balaban J connectivity index is 1.35. The van der Waals surface area contributed by atoms with Gasteiger partial charge in [0.05, 0.1) is 34.5 Å². The number of imide groups is 2. The van der Waals surface area contributed by atoms with E-state index in [-0.39, 0.29) is 29.7 Å². The van der Waals surface area contributed by atoms with Crippen molar-refractivity contribution in [3.05, 3.63) is 143 Å². The Kier molecular flexibility index (Phi) is 8.29. The Labute approximate surface area is 305 Å². The molecule has 6 atom stereocenters. The summed E-state index contributed by atoms with van der Waals surface area (Å²) in [7, 11) is -1.80. The third kappa shape index (κ3) is 4.85. The predicted octanol–water partition coefficient (Wildman–Crippen LogP) is 4.82. The van der Waals surface area contributed by atoms with Crippen molar-refractivity contribution in [2.75, 3.05) is 9.80 Å². The first-order chi connectivity index (χ1) is 25.1. The van der Waals surface area contributed by atoms with Gasteiger partial charge in [-0.05, 0) is 72.1 Å². The van der Waals surface area contributed by atoms with Crippen LogP contribution in [-0.2, 0) is 31.0 Å². The summed E-state index contributed by atoms with van der Waals surface area (Å²) < 4.78 is 0. The lowest BCUT2D eigenvalue weighted by atomic mass is 9.49. The Morgan fingerprint density at radius 2 is 1.54 bits per heavy atom. The molecular formula is C41H34BClN2O7. The summed E-state index contributed by atoms with van der Waals surface area (Å²) in [4.78, 5) is 61.3. The number of anilines is 2. The standard InChI is InChI=1S/C41H34BClN2O7/c1-2-9-23-10-6-17-31(36(23)46)35-29-18-19-30-34(39(49)44(37(30)47)27-15-7-13-25(20-27)42(51)52)32(29)22-33-38(48)45(28-16-8-14-26(43)21-28)40(50)41(33,35)24-11-4-3-5-12-24/h2-8,10-18,20-21,30,32-35,46,51-52H,1,9,19,22H2/t30-,32+,33-,34-,35+,41+/m0/s1. The van der Waals surface area contributed by atoms with E-state index in [4.69, 9.17) is 11.6 Å². The van der Waals surface area contributed by atoms with Crippen molar-refractivity contribution in [3.63, 3.8) is 0 Å². The van der Waals surface area contributed by atoms with Crippen LogP contribution < -0.4 is 15.3 Å². The van der Waals surface area contributed by atoms with Crippen LogP contribution in [0.4, 0.5) is 11.4 Å². The predicted molar refractivity (Wildman–Crippen MR) is 197 cm³/mol. The molecule has 2 saturated heterocycles. The Morgan fingerprint density at radius 1 is 0.827 bits per heavy atom. The molecule has 4 aromatic carbocycles. The van der Waals surface area contributed by atoms with E-state index in [0.717, 1.165) is 4.90 Å². The van der Waals surface area contributed by atoms with E-state index in [1.807, 2.05) is 42.5 Å². The van der Waals surface area contributed by atoms with E-state index >= 15 is 4.79 Å². The number of carbonyl (C=O) groups excluding carboxylic acids is 4. The zero-order valence-corrected chi connectivity index (χ0v) is 28.7. The molecule has 8 rings (SSSR count). The van der Waals surface area contributed by atoms with Crippen LogP contribution in [0.5, 0.6) is 5.75 Å². The van der Waals surface area contributed by atoms with Gasteiger partial charge in [0.1, 0.15) is 5.75 Å². The van der Waals surface area contributed by atoms with Gasteiger partial charge in [-0.25, -0.2) is 4.90 Å². The Bertz CT molecular complexity index is 2210.